The van der Waals surface area contributed by atoms with Crippen molar-refractivity contribution in [1.82, 2.24) is 20.4 Å². The van der Waals surface area contributed by atoms with Gasteiger partial charge in [0.1, 0.15) is 31.6 Å². The number of hydrogen-bond acceptors (Lipinski definition) is 14. The molecule has 0 fully saturated rings. The summed E-state index contributed by atoms with van der Waals surface area (Å²) in [7, 11) is 2.75. The van der Waals surface area contributed by atoms with E-state index >= 15 is 0 Å². The van der Waals surface area contributed by atoms with Crippen LogP contribution in [-0.2, 0) is 58.0 Å². The lowest BCUT2D eigenvalue weighted by atomic mass is 10.1. The maximum Gasteiger partial charge on any atom is 0.161 e. The SMILES string of the molecule is COc1ccc(CC(=O)Cc2nnc(CCS(=O)(=O)CCc3nnc(CC(=O)Cc4ccc(OC)c(OC)c4)s3)s2)cc1OC. The zero-order valence-electron chi connectivity index (χ0n) is 25.4. The molecule has 0 aliphatic carbocycles. The number of ketones is 2. The highest BCUT2D eigenvalue weighted by Crippen LogP contribution is 2.29. The third-order valence-corrected chi connectivity index (χ3v) is 10.3. The Labute approximate surface area is 269 Å². The minimum absolute atomic E-state index is 0.0448. The van der Waals surface area contributed by atoms with Crippen molar-refractivity contribution in [3.05, 3.63) is 67.6 Å². The molecule has 0 unspecified atom stereocenters. The summed E-state index contributed by atoms with van der Waals surface area (Å²) in [6.07, 6.45) is 1.02. The van der Waals surface area contributed by atoms with Crippen LogP contribution in [0.2, 0.25) is 0 Å². The van der Waals surface area contributed by atoms with E-state index in [0.717, 1.165) is 11.1 Å². The minimum Gasteiger partial charge on any atom is -0.493 e. The van der Waals surface area contributed by atoms with Gasteiger partial charge in [-0.2, -0.15) is 0 Å². The number of Topliss-reactive ketones (excluding diaryl/α,β-unsaturated/α-hetero) is 2. The number of ether oxygens (including phenoxy) is 4. The number of carbonyl (C=O) groups excluding carboxylic acids is 2. The van der Waals surface area contributed by atoms with Crippen LogP contribution < -0.4 is 18.9 Å². The first-order chi connectivity index (χ1) is 21.6. The zero-order chi connectivity index (χ0) is 32.4. The molecule has 0 aliphatic rings. The van der Waals surface area contributed by atoms with E-state index in [4.69, 9.17) is 18.9 Å². The summed E-state index contributed by atoms with van der Waals surface area (Å²) < 4.78 is 46.5. The van der Waals surface area contributed by atoms with E-state index in [-0.39, 0.29) is 61.6 Å². The first-order valence-corrected chi connectivity index (χ1v) is 17.3. The predicted molar refractivity (Wildman–Crippen MR) is 170 cm³/mol. The van der Waals surface area contributed by atoms with E-state index in [1.165, 1.54) is 36.9 Å². The molecular weight excluding hydrogens is 641 g/mol. The summed E-state index contributed by atoms with van der Waals surface area (Å²) in [5, 5.41) is 18.5. The summed E-state index contributed by atoms with van der Waals surface area (Å²) in [6, 6.07) is 10.6. The molecule has 0 aliphatic heterocycles. The van der Waals surface area contributed by atoms with Crippen LogP contribution >= 0.6 is 22.7 Å². The number of nitrogens with zero attached hydrogens (tertiary/aromatic N) is 4. The number of hydrogen-bond donors (Lipinski definition) is 0. The molecule has 0 saturated carbocycles. The van der Waals surface area contributed by atoms with Crippen LogP contribution in [0.15, 0.2) is 36.4 Å². The molecule has 0 bridgehead atoms. The molecule has 0 spiro atoms. The number of aromatic nitrogens is 4. The molecule has 2 aromatic heterocycles. The summed E-state index contributed by atoms with van der Waals surface area (Å²) in [4.78, 5) is 25.2. The lowest BCUT2D eigenvalue weighted by Crippen LogP contribution is -2.14. The third kappa shape index (κ3) is 10.0. The van der Waals surface area contributed by atoms with Crippen LogP contribution in [0.3, 0.4) is 0 Å². The van der Waals surface area contributed by atoms with Gasteiger partial charge in [0.25, 0.3) is 0 Å². The molecule has 2 aromatic carbocycles. The number of rotatable bonds is 18. The maximum absolute atomic E-state index is 12.7. The smallest absolute Gasteiger partial charge is 0.161 e. The van der Waals surface area contributed by atoms with Gasteiger partial charge in [-0.3, -0.25) is 9.59 Å². The van der Waals surface area contributed by atoms with Gasteiger partial charge >= 0.3 is 0 Å². The Kier molecular flexibility index (Phi) is 12.0. The summed E-state index contributed by atoms with van der Waals surface area (Å²) in [5.41, 5.74) is 1.58. The maximum atomic E-state index is 12.7. The minimum atomic E-state index is -3.41. The molecule has 15 heteroatoms. The molecule has 240 valence electrons. The van der Waals surface area contributed by atoms with E-state index in [1.54, 1.807) is 50.6 Å². The van der Waals surface area contributed by atoms with Gasteiger partial charge in [0, 0.05) is 25.7 Å². The fourth-order valence-electron chi connectivity index (χ4n) is 4.41. The van der Waals surface area contributed by atoms with Crippen molar-refractivity contribution < 1.29 is 37.0 Å². The summed E-state index contributed by atoms with van der Waals surface area (Å²) in [6.45, 7) is 0. The standard InChI is InChI=1S/C30H34N4O8S3/c1-39-23-7-5-19(15-25(23)41-3)13-21(35)17-29-33-31-27(43-29)9-11-45(37,38)12-10-28-32-34-30(44-28)18-22(36)14-20-6-8-24(40-2)26(16-20)42-4/h5-8,15-16H,9-14,17-18H2,1-4H3. The molecule has 12 nitrogen and oxygen atoms in total. The van der Waals surface area contributed by atoms with Crippen LogP contribution in [0.1, 0.15) is 31.2 Å². The Morgan fingerprint density at radius 2 is 0.956 bits per heavy atom. The van der Waals surface area contributed by atoms with Gasteiger partial charge in [0.05, 0.1) is 52.8 Å². The second kappa shape index (κ2) is 15.9. The van der Waals surface area contributed by atoms with Crippen molar-refractivity contribution in [2.75, 3.05) is 39.9 Å². The molecule has 4 rings (SSSR count). The zero-order valence-corrected chi connectivity index (χ0v) is 27.9. The highest BCUT2D eigenvalue weighted by Gasteiger charge is 2.18. The Bertz CT molecular complexity index is 1620. The van der Waals surface area contributed by atoms with Gasteiger partial charge in [-0.1, -0.05) is 12.1 Å². The highest BCUT2D eigenvalue weighted by atomic mass is 32.2. The fraction of sp³-hybridized carbons (Fsp3) is 0.400. The molecule has 0 atom stereocenters. The quantitative estimate of drug-likeness (QED) is 0.152. The Morgan fingerprint density at radius 1 is 0.578 bits per heavy atom. The van der Waals surface area contributed by atoms with Crippen LogP contribution in [0.25, 0.3) is 0 Å². The molecule has 45 heavy (non-hydrogen) atoms. The fourth-order valence-corrected chi connectivity index (χ4v) is 7.62. The van der Waals surface area contributed by atoms with Crippen molar-refractivity contribution in [2.24, 2.45) is 0 Å². The van der Waals surface area contributed by atoms with Gasteiger partial charge in [0.15, 0.2) is 32.8 Å². The van der Waals surface area contributed by atoms with E-state index in [2.05, 4.69) is 20.4 Å². The Balaban J connectivity index is 1.21. The number of carbonyl (C=O) groups is 2. The number of methoxy groups -OCH3 is 4. The van der Waals surface area contributed by atoms with Crippen LogP contribution in [0, 0.1) is 0 Å². The lowest BCUT2D eigenvalue weighted by molar-refractivity contribution is -0.118. The number of benzene rings is 2. The van der Waals surface area contributed by atoms with Gasteiger partial charge in [-0.15, -0.1) is 43.1 Å². The van der Waals surface area contributed by atoms with Crippen molar-refractivity contribution in [1.29, 1.82) is 0 Å². The molecular formula is C30H34N4O8S3. The van der Waals surface area contributed by atoms with Crippen molar-refractivity contribution >= 4 is 44.1 Å². The van der Waals surface area contributed by atoms with Crippen LogP contribution in [0.5, 0.6) is 23.0 Å². The Hall–Kier alpha value is -3.95. The van der Waals surface area contributed by atoms with Crippen LogP contribution in [0.4, 0.5) is 0 Å². The van der Waals surface area contributed by atoms with Gasteiger partial charge in [-0.25, -0.2) is 8.42 Å². The second-order valence-corrected chi connectivity index (χ2v) is 14.6. The molecule has 0 N–H and O–H groups in total. The molecule has 0 amide bonds. The van der Waals surface area contributed by atoms with Crippen LogP contribution in [-0.4, -0.2) is 80.3 Å². The van der Waals surface area contributed by atoms with Gasteiger partial charge < -0.3 is 18.9 Å². The van der Waals surface area contributed by atoms with Gasteiger partial charge in [-0.05, 0) is 35.4 Å². The number of sulfone groups is 1. The summed E-state index contributed by atoms with van der Waals surface area (Å²) >= 11 is 2.47. The predicted octanol–water partition coefficient (Wildman–Crippen LogP) is 3.33. The first kappa shape index (κ1) is 33.9. The van der Waals surface area contributed by atoms with E-state index in [9.17, 15) is 18.0 Å². The lowest BCUT2D eigenvalue weighted by Gasteiger charge is -2.09. The molecule has 2 heterocycles. The average molecular weight is 675 g/mol. The van der Waals surface area contributed by atoms with Crippen molar-refractivity contribution in [3.8, 4) is 23.0 Å². The van der Waals surface area contributed by atoms with E-state index in [0.29, 0.717) is 43.0 Å². The monoisotopic (exact) mass is 674 g/mol. The first-order valence-electron chi connectivity index (χ1n) is 13.9. The third-order valence-electron chi connectivity index (χ3n) is 6.67. The van der Waals surface area contributed by atoms with E-state index in [1.807, 2.05) is 0 Å². The molecule has 4 aromatic rings. The van der Waals surface area contributed by atoms with Gasteiger partial charge in [0.2, 0.25) is 0 Å². The van der Waals surface area contributed by atoms with Crippen molar-refractivity contribution in [3.63, 3.8) is 0 Å². The van der Waals surface area contributed by atoms with Crippen molar-refractivity contribution in [2.45, 2.75) is 38.5 Å². The van der Waals surface area contributed by atoms with E-state index < -0.39 is 9.84 Å². The normalized spacial score (nSPS) is 11.3. The average Bonchev–Trinajstić information content (AvgIpc) is 3.67. The molecule has 0 saturated heterocycles. The second-order valence-electron chi connectivity index (χ2n) is 9.99. The largest absolute Gasteiger partial charge is 0.493 e. The summed E-state index contributed by atoms with van der Waals surface area (Å²) in [5.74, 6) is 1.97. The highest BCUT2D eigenvalue weighted by molar-refractivity contribution is 7.91. The molecule has 0 radical (unpaired) electrons. The Morgan fingerprint density at radius 3 is 1.33 bits per heavy atom. The topological polar surface area (TPSA) is 157 Å². The number of aryl methyl sites for hydroxylation is 2.